The summed E-state index contributed by atoms with van der Waals surface area (Å²) in [7, 11) is -3.64. The monoisotopic (exact) mass is 275 g/mol. The number of nitrogens with two attached hydrogens (primary N) is 1. The minimum absolute atomic E-state index is 0.0135. The quantitative estimate of drug-likeness (QED) is 0.290. The van der Waals surface area contributed by atoms with Crippen molar-refractivity contribution in [3.05, 3.63) is 12.5 Å². The Morgan fingerprint density at radius 2 is 2.33 bits per heavy atom. The summed E-state index contributed by atoms with van der Waals surface area (Å²) in [4.78, 5) is 6.25. The number of aromatic amines is 1. The second-order valence-electron chi connectivity index (χ2n) is 3.97. The summed E-state index contributed by atoms with van der Waals surface area (Å²) in [5.41, 5.74) is 5.34. The highest BCUT2D eigenvalue weighted by molar-refractivity contribution is 7.89. The van der Waals surface area contributed by atoms with Gasteiger partial charge in [-0.1, -0.05) is 5.16 Å². The van der Waals surface area contributed by atoms with Crippen LogP contribution in [0.25, 0.3) is 0 Å². The van der Waals surface area contributed by atoms with Gasteiger partial charge in [-0.2, -0.15) is 4.31 Å². The fraction of sp³-hybridized carbons (Fsp3) is 0.556. The van der Waals surface area contributed by atoms with Crippen molar-refractivity contribution in [3.63, 3.8) is 0 Å². The molecule has 0 atom stereocenters. The molecular weight excluding hydrogens is 258 g/mol. The Hall–Kier alpha value is -1.61. The van der Waals surface area contributed by atoms with Crippen LogP contribution in [0, 0.1) is 0 Å². The highest BCUT2D eigenvalue weighted by atomic mass is 32.2. The number of aromatic nitrogens is 2. The highest BCUT2D eigenvalue weighted by Gasteiger charge is 2.28. The molecule has 0 fully saturated rings. The van der Waals surface area contributed by atoms with Crippen LogP contribution in [0.5, 0.6) is 0 Å². The number of nitrogens with zero attached hydrogens (tertiary/aromatic N) is 3. The van der Waals surface area contributed by atoms with Gasteiger partial charge in [0.2, 0.25) is 0 Å². The van der Waals surface area contributed by atoms with Crippen LogP contribution in [0.2, 0.25) is 0 Å². The van der Waals surface area contributed by atoms with E-state index in [0.29, 0.717) is 0 Å². The van der Waals surface area contributed by atoms with Crippen molar-refractivity contribution < 1.29 is 13.6 Å². The lowest BCUT2D eigenvalue weighted by atomic mass is 10.3. The topological polar surface area (TPSA) is 125 Å². The van der Waals surface area contributed by atoms with Gasteiger partial charge in [-0.05, 0) is 13.8 Å². The summed E-state index contributed by atoms with van der Waals surface area (Å²) in [5, 5.41) is 11.3. The molecule has 0 spiro atoms. The summed E-state index contributed by atoms with van der Waals surface area (Å²) in [6.07, 6.45) is 2.70. The summed E-state index contributed by atoms with van der Waals surface area (Å²) < 4.78 is 25.8. The molecule has 0 radical (unpaired) electrons. The van der Waals surface area contributed by atoms with Crippen LogP contribution >= 0.6 is 0 Å². The maximum absolute atomic E-state index is 12.2. The molecule has 0 unspecified atom stereocenters. The second kappa shape index (κ2) is 5.83. The molecule has 102 valence electrons. The van der Waals surface area contributed by atoms with E-state index < -0.39 is 10.0 Å². The zero-order valence-electron chi connectivity index (χ0n) is 10.2. The molecule has 0 saturated carbocycles. The van der Waals surface area contributed by atoms with Gasteiger partial charge in [0.25, 0.3) is 10.0 Å². The van der Waals surface area contributed by atoms with E-state index in [1.807, 2.05) is 0 Å². The van der Waals surface area contributed by atoms with Crippen LogP contribution in [-0.4, -0.2) is 46.3 Å². The molecule has 0 aliphatic carbocycles. The number of hydrogen-bond acceptors (Lipinski definition) is 5. The number of oxime groups is 1. The average molecular weight is 275 g/mol. The molecule has 0 amide bonds. The first-order chi connectivity index (χ1) is 8.39. The first kappa shape index (κ1) is 14.5. The van der Waals surface area contributed by atoms with Crippen molar-refractivity contribution in [2.45, 2.75) is 31.3 Å². The molecule has 0 bridgehead atoms. The first-order valence-corrected chi connectivity index (χ1v) is 6.80. The number of hydrogen-bond donors (Lipinski definition) is 3. The largest absolute Gasteiger partial charge is 0.409 e. The number of imidazole rings is 1. The van der Waals surface area contributed by atoms with Gasteiger partial charge >= 0.3 is 0 Å². The van der Waals surface area contributed by atoms with Gasteiger partial charge < -0.3 is 15.9 Å². The Balaban J connectivity index is 2.92. The van der Waals surface area contributed by atoms with E-state index in [0.717, 1.165) is 0 Å². The summed E-state index contributed by atoms with van der Waals surface area (Å²) in [6.45, 7) is 3.63. The van der Waals surface area contributed by atoms with Crippen LogP contribution in [0.15, 0.2) is 22.7 Å². The number of sulfonamides is 1. The Kier molecular flexibility index (Phi) is 4.68. The lowest BCUT2D eigenvalue weighted by Gasteiger charge is -2.24. The molecule has 1 aromatic rings. The van der Waals surface area contributed by atoms with Gasteiger partial charge in [0.1, 0.15) is 5.84 Å². The fourth-order valence-electron chi connectivity index (χ4n) is 1.44. The van der Waals surface area contributed by atoms with E-state index in [-0.39, 0.29) is 29.9 Å². The minimum atomic E-state index is -3.64. The van der Waals surface area contributed by atoms with Crippen LogP contribution < -0.4 is 5.73 Å². The van der Waals surface area contributed by atoms with E-state index in [1.165, 1.54) is 16.8 Å². The molecular formula is C9H17N5O3S. The Morgan fingerprint density at radius 1 is 1.67 bits per heavy atom. The molecule has 0 aliphatic heterocycles. The van der Waals surface area contributed by atoms with Crippen LogP contribution in [0.3, 0.4) is 0 Å². The molecule has 0 aliphatic rings. The predicted molar refractivity (Wildman–Crippen MR) is 65.6 cm³/mol. The van der Waals surface area contributed by atoms with E-state index in [2.05, 4.69) is 15.1 Å². The van der Waals surface area contributed by atoms with Crippen molar-refractivity contribution in [1.82, 2.24) is 14.3 Å². The molecule has 8 nitrogen and oxygen atoms in total. The number of rotatable bonds is 6. The van der Waals surface area contributed by atoms with Crippen molar-refractivity contribution in [2.24, 2.45) is 10.9 Å². The lowest BCUT2D eigenvalue weighted by molar-refractivity contribution is 0.313. The number of nitrogens with one attached hydrogen (secondary N) is 1. The van der Waals surface area contributed by atoms with Gasteiger partial charge in [-0.3, -0.25) is 0 Å². The van der Waals surface area contributed by atoms with Gasteiger partial charge in [-0.15, -0.1) is 0 Å². The molecule has 1 aromatic heterocycles. The minimum Gasteiger partial charge on any atom is -0.409 e. The normalized spacial score (nSPS) is 13.4. The van der Waals surface area contributed by atoms with Gasteiger partial charge in [0, 0.05) is 19.0 Å². The zero-order chi connectivity index (χ0) is 13.8. The smallest absolute Gasteiger partial charge is 0.260 e. The Morgan fingerprint density at radius 3 is 2.78 bits per heavy atom. The fourth-order valence-corrected chi connectivity index (χ4v) is 2.98. The van der Waals surface area contributed by atoms with Crippen LogP contribution in [0.1, 0.15) is 20.3 Å². The van der Waals surface area contributed by atoms with Crippen LogP contribution in [-0.2, 0) is 10.0 Å². The Labute approximate surface area is 106 Å². The molecule has 1 heterocycles. The standard InChI is InChI=1S/C9H17N5O3S/c1-7(2)14(4-3-8(10)13-15)18(16,17)9-5-11-6-12-9/h5-7,15H,3-4H2,1-2H3,(H2,10,13)(H,11,12). The molecule has 0 aromatic carbocycles. The number of H-pyrrole nitrogens is 1. The molecule has 18 heavy (non-hydrogen) atoms. The highest BCUT2D eigenvalue weighted by Crippen LogP contribution is 2.15. The third kappa shape index (κ3) is 3.20. The zero-order valence-corrected chi connectivity index (χ0v) is 11.1. The summed E-state index contributed by atoms with van der Waals surface area (Å²) in [6, 6.07) is -0.246. The summed E-state index contributed by atoms with van der Waals surface area (Å²) >= 11 is 0. The maximum Gasteiger partial charge on any atom is 0.260 e. The van der Waals surface area contributed by atoms with Crippen molar-refractivity contribution >= 4 is 15.9 Å². The van der Waals surface area contributed by atoms with Gasteiger partial charge in [-0.25, -0.2) is 13.4 Å². The molecule has 4 N–H and O–H groups in total. The van der Waals surface area contributed by atoms with Crippen molar-refractivity contribution in [3.8, 4) is 0 Å². The second-order valence-corrected chi connectivity index (χ2v) is 5.83. The van der Waals surface area contributed by atoms with Crippen molar-refractivity contribution in [1.29, 1.82) is 0 Å². The Bertz CT molecular complexity index is 494. The van der Waals surface area contributed by atoms with Gasteiger partial charge in [0.15, 0.2) is 5.03 Å². The average Bonchev–Trinajstić information content (AvgIpc) is 2.82. The third-order valence-corrected chi connectivity index (χ3v) is 4.35. The van der Waals surface area contributed by atoms with E-state index in [9.17, 15) is 8.42 Å². The molecule has 9 heteroatoms. The maximum atomic E-state index is 12.2. The van der Waals surface area contributed by atoms with Gasteiger partial charge in [0.05, 0.1) is 12.5 Å². The van der Waals surface area contributed by atoms with Crippen LogP contribution in [0.4, 0.5) is 0 Å². The van der Waals surface area contributed by atoms with E-state index in [1.54, 1.807) is 13.8 Å². The molecule has 1 rings (SSSR count). The molecule has 0 saturated heterocycles. The van der Waals surface area contributed by atoms with E-state index in [4.69, 9.17) is 10.9 Å². The predicted octanol–water partition coefficient (Wildman–Crippen LogP) is -0.0547. The third-order valence-electron chi connectivity index (χ3n) is 2.35. The SMILES string of the molecule is CC(C)N(CCC(N)=NO)S(=O)(=O)c1cnc[nH]1. The number of amidine groups is 1. The lowest BCUT2D eigenvalue weighted by Crippen LogP contribution is -2.39. The van der Waals surface area contributed by atoms with Crippen molar-refractivity contribution in [2.75, 3.05) is 6.54 Å². The summed E-state index contributed by atoms with van der Waals surface area (Å²) in [5.74, 6) is -0.0135. The first-order valence-electron chi connectivity index (χ1n) is 5.36. The van der Waals surface area contributed by atoms with E-state index >= 15 is 0 Å².